The number of hydrogen-bond donors (Lipinski definition) is 2. The van der Waals surface area contributed by atoms with Gasteiger partial charge in [-0.15, -0.1) is 0 Å². The van der Waals surface area contributed by atoms with Crippen molar-refractivity contribution < 1.29 is 19.1 Å². The molecule has 0 radical (unpaired) electrons. The van der Waals surface area contributed by atoms with Gasteiger partial charge in [-0.05, 0) is 24.3 Å². The molecule has 23 heavy (non-hydrogen) atoms. The molecule has 1 aliphatic rings. The third-order valence-electron chi connectivity index (χ3n) is 3.26. The van der Waals surface area contributed by atoms with E-state index in [1.807, 2.05) is 30.3 Å². The number of benzene rings is 2. The van der Waals surface area contributed by atoms with Crippen LogP contribution in [-0.4, -0.2) is 25.0 Å². The third kappa shape index (κ3) is 3.79. The molecular weight excluding hydrogens is 296 g/mol. The van der Waals surface area contributed by atoms with Crippen molar-refractivity contribution in [1.29, 1.82) is 0 Å². The van der Waals surface area contributed by atoms with Crippen LogP contribution in [0.4, 0.5) is 11.4 Å². The minimum absolute atomic E-state index is 0.0185. The van der Waals surface area contributed by atoms with Crippen LogP contribution in [0.5, 0.6) is 11.5 Å². The summed E-state index contributed by atoms with van der Waals surface area (Å²) in [5, 5.41) is 5.47. The second-order valence-electron chi connectivity index (χ2n) is 4.98. The lowest BCUT2D eigenvalue weighted by molar-refractivity contribution is -0.119. The number of ether oxygens (including phenoxy) is 2. The largest absolute Gasteiger partial charge is 0.493 e. The molecule has 0 aromatic heterocycles. The Bertz CT molecular complexity index is 716. The summed E-state index contributed by atoms with van der Waals surface area (Å²) in [5.41, 5.74) is 1.00. The van der Waals surface area contributed by atoms with Crippen LogP contribution in [0.25, 0.3) is 0 Å². The first-order chi connectivity index (χ1) is 11.2. The van der Waals surface area contributed by atoms with Gasteiger partial charge in [-0.2, -0.15) is 0 Å². The van der Waals surface area contributed by atoms with Crippen molar-refractivity contribution in [2.24, 2.45) is 0 Å². The predicted octanol–water partition coefficient (Wildman–Crippen LogP) is 2.43. The van der Waals surface area contributed by atoms with Crippen molar-refractivity contribution in [3.05, 3.63) is 48.5 Å². The van der Waals surface area contributed by atoms with E-state index >= 15 is 0 Å². The van der Waals surface area contributed by atoms with E-state index in [0.29, 0.717) is 17.1 Å². The van der Waals surface area contributed by atoms with Gasteiger partial charge in [0.15, 0.2) is 6.61 Å². The van der Waals surface area contributed by atoms with Crippen LogP contribution in [-0.2, 0) is 9.59 Å². The molecule has 2 aromatic rings. The number of amides is 2. The summed E-state index contributed by atoms with van der Waals surface area (Å²) in [6, 6.07) is 14.5. The van der Waals surface area contributed by atoms with Gasteiger partial charge in [-0.1, -0.05) is 24.3 Å². The van der Waals surface area contributed by atoms with Crippen LogP contribution in [0.2, 0.25) is 0 Å². The van der Waals surface area contributed by atoms with Gasteiger partial charge in [0, 0.05) is 0 Å². The summed E-state index contributed by atoms with van der Waals surface area (Å²) in [6.07, 6.45) is 0.202. The molecule has 3 rings (SSSR count). The fourth-order valence-electron chi connectivity index (χ4n) is 2.19. The van der Waals surface area contributed by atoms with Gasteiger partial charge in [-0.25, -0.2) is 0 Å². The molecule has 0 fully saturated rings. The first-order valence-electron chi connectivity index (χ1n) is 7.26. The topological polar surface area (TPSA) is 76.7 Å². The summed E-state index contributed by atoms with van der Waals surface area (Å²) in [4.78, 5) is 23.4. The molecule has 1 heterocycles. The number of fused-ring (bicyclic) bond motifs is 1. The number of para-hydroxylation sites is 2. The fraction of sp³-hybridized carbons (Fsp3) is 0.176. The number of rotatable bonds is 5. The van der Waals surface area contributed by atoms with Gasteiger partial charge in [0.25, 0.3) is 5.91 Å². The summed E-state index contributed by atoms with van der Waals surface area (Å²) in [5.74, 6) is 0.821. The quantitative estimate of drug-likeness (QED) is 0.889. The monoisotopic (exact) mass is 312 g/mol. The second-order valence-corrected chi connectivity index (χ2v) is 4.98. The number of hydrogen-bond acceptors (Lipinski definition) is 4. The Kier molecular flexibility index (Phi) is 4.42. The highest BCUT2D eigenvalue weighted by Crippen LogP contribution is 2.34. The molecular formula is C17H16N2O4. The molecule has 118 valence electrons. The Balaban J connectivity index is 1.57. The molecule has 0 spiro atoms. The normalized spacial score (nSPS) is 12.6. The van der Waals surface area contributed by atoms with Crippen molar-refractivity contribution in [2.75, 3.05) is 23.8 Å². The number of carbonyl (C=O) groups excluding carboxylic acids is 2. The second kappa shape index (κ2) is 6.83. The van der Waals surface area contributed by atoms with E-state index in [4.69, 9.17) is 9.47 Å². The van der Waals surface area contributed by atoms with Crippen molar-refractivity contribution in [3.8, 4) is 11.5 Å². The standard InChI is InChI=1S/C17H16N2O4/c20-15(9-10-22-12-5-2-1-3-6-12)18-13-7-4-8-14-17(13)19-16(21)11-23-14/h1-8H,9-11H2,(H,18,20)(H,19,21). The molecule has 2 amide bonds. The summed E-state index contributed by atoms with van der Waals surface area (Å²) in [6.45, 7) is 0.253. The Labute approximate surface area is 133 Å². The van der Waals surface area contributed by atoms with Crippen LogP contribution in [0, 0.1) is 0 Å². The average molecular weight is 312 g/mol. The predicted molar refractivity (Wildman–Crippen MR) is 85.8 cm³/mol. The van der Waals surface area contributed by atoms with E-state index in [0.717, 1.165) is 5.75 Å². The van der Waals surface area contributed by atoms with Crippen molar-refractivity contribution in [1.82, 2.24) is 0 Å². The first kappa shape index (κ1) is 14.9. The molecule has 0 bridgehead atoms. The van der Waals surface area contributed by atoms with Crippen LogP contribution in [0.1, 0.15) is 6.42 Å². The fourth-order valence-corrected chi connectivity index (χ4v) is 2.19. The lowest BCUT2D eigenvalue weighted by Gasteiger charge is -2.20. The third-order valence-corrected chi connectivity index (χ3v) is 3.26. The van der Waals surface area contributed by atoms with Crippen molar-refractivity contribution in [3.63, 3.8) is 0 Å². The maximum Gasteiger partial charge on any atom is 0.262 e. The Morgan fingerprint density at radius 3 is 2.83 bits per heavy atom. The van der Waals surface area contributed by atoms with Gasteiger partial charge in [0.05, 0.1) is 18.7 Å². The zero-order valence-corrected chi connectivity index (χ0v) is 12.4. The minimum Gasteiger partial charge on any atom is -0.493 e. The van der Waals surface area contributed by atoms with E-state index in [1.165, 1.54) is 0 Å². The lowest BCUT2D eigenvalue weighted by Crippen LogP contribution is -2.26. The van der Waals surface area contributed by atoms with Crippen LogP contribution in [0.15, 0.2) is 48.5 Å². The van der Waals surface area contributed by atoms with Gasteiger partial charge in [0.2, 0.25) is 5.91 Å². The molecule has 0 atom stereocenters. The lowest BCUT2D eigenvalue weighted by atomic mass is 10.2. The van der Waals surface area contributed by atoms with Crippen molar-refractivity contribution >= 4 is 23.2 Å². The van der Waals surface area contributed by atoms with E-state index in [1.54, 1.807) is 18.2 Å². The number of anilines is 2. The molecule has 6 nitrogen and oxygen atoms in total. The van der Waals surface area contributed by atoms with E-state index < -0.39 is 0 Å². The molecule has 0 aliphatic carbocycles. The Hall–Kier alpha value is -3.02. The SMILES string of the molecule is O=C(CCOc1ccccc1)Nc1cccc2c1NC(=O)CO2. The molecule has 0 saturated carbocycles. The van der Waals surface area contributed by atoms with E-state index in [-0.39, 0.29) is 31.4 Å². The summed E-state index contributed by atoms with van der Waals surface area (Å²) < 4.78 is 10.8. The smallest absolute Gasteiger partial charge is 0.262 e. The maximum absolute atomic E-state index is 12.0. The molecule has 0 unspecified atom stereocenters. The highest BCUT2D eigenvalue weighted by Gasteiger charge is 2.19. The number of nitrogens with one attached hydrogen (secondary N) is 2. The van der Waals surface area contributed by atoms with Gasteiger partial charge in [0.1, 0.15) is 17.2 Å². The van der Waals surface area contributed by atoms with Gasteiger partial charge >= 0.3 is 0 Å². The zero-order chi connectivity index (χ0) is 16.1. The maximum atomic E-state index is 12.0. The summed E-state index contributed by atoms with van der Waals surface area (Å²) >= 11 is 0. The molecule has 0 saturated heterocycles. The highest BCUT2D eigenvalue weighted by atomic mass is 16.5. The van der Waals surface area contributed by atoms with Crippen LogP contribution >= 0.6 is 0 Å². The minimum atomic E-state index is -0.244. The Morgan fingerprint density at radius 1 is 1.17 bits per heavy atom. The summed E-state index contributed by atoms with van der Waals surface area (Å²) in [7, 11) is 0. The Morgan fingerprint density at radius 2 is 2.00 bits per heavy atom. The first-order valence-corrected chi connectivity index (χ1v) is 7.26. The van der Waals surface area contributed by atoms with Crippen LogP contribution in [0.3, 0.4) is 0 Å². The van der Waals surface area contributed by atoms with Gasteiger partial charge in [-0.3, -0.25) is 9.59 Å². The van der Waals surface area contributed by atoms with Crippen LogP contribution < -0.4 is 20.1 Å². The highest BCUT2D eigenvalue weighted by molar-refractivity contribution is 6.03. The molecule has 2 N–H and O–H groups in total. The molecule has 6 heteroatoms. The zero-order valence-electron chi connectivity index (χ0n) is 12.4. The molecule has 1 aliphatic heterocycles. The van der Waals surface area contributed by atoms with Gasteiger partial charge < -0.3 is 20.1 Å². The van der Waals surface area contributed by atoms with E-state index in [9.17, 15) is 9.59 Å². The number of carbonyl (C=O) groups is 2. The molecule has 2 aromatic carbocycles. The average Bonchev–Trinajstić information content (AvgIpc) is 2.56. The van der Waals surface area contributed by atoms with Crippen molar-refractivity contribution in [2.45, 2.75) is 6.42 Å². The van der Waals surface area contributed by atoms with E-state index in [2.05, 4.69) is 10.6 Å².